The fraction of sp³-hybridized carbons (Fsp3) is 1.00. The van der Waals surface area contributed by atoms with Crippen molar-refractivity contribution in [3.8, 4) is 0 Å². The van der Waals surface area contributed by atoms with Crippen molar-refractivity contribution in [3.05, 3.63) is 0 Å². The standard InChI is InChI=1S/C9H16O3/c1-7(2)5-6-8(3)9(7,4)11-12-10-8/h5-6H2,1-4H3. The molecule has 1 saturated heterocycles. The average Bonchev–Trinajstić information content (AvgIpc) is 2.34. The Balaban J connectivity index is 2.41. The zero-order valence-corrected chi connectivity index (χ0v) is 8.14. The molecule has 0 N–H and O–H groups in total. The van der Waals surface area contributed by atoms with Crippen LogP contribution >= 0.6 is 0 Å². The molecule has 0 spiro atoms. The predicted molar refractivity (Wildman–Crippen MR) is 43.1 cm³/mol. The van der Waals surface area contributed by atoms with Gasteiger partial charge in [-0.3, -0.25) is 0 Å². The monoisotopic (exact) mass is 172 g/mol. The lowest BCUT2D eigenvalue weighted by atomic mass is 9.74. The first kappa shape index (κ1) is 8.48. The van der Waals surface area contributed by atoms with E-state index >= 15 is 0 Å². The first-order chi connectivity index (χ1) is 5.41. The van der Waals surface area contributed by atoms with Crippen molar-refractivity contribution in [2.45, 2.75) is 51.7 Å². The molecule has 0 aromatic rings. The Morgan fingerprint density at radius 1 is 0.917 bits per heavy atom. The van der Waals surface area contributed by atoms with E-state index in [9.17, 15) is 0 Å². The maximum Gasteiger partial charge on any atom is 0.141 e. The quantitative estimate of drug-likeness (QED) is 0.524. The third-order valence-corrected chi connectivity index (χ3v) is 3.95. The van der Waals surface area contributed by atoms with Crippen LogP contribution in [0.15, 0.2) is 0 Å². The van der Waals surface area contributed by atoms with Gasteiger partial charge in [-0.15, -0.1) is 0 Å². The summed E-state index contributed by atoms with van der Waals surface area (Å²) in [4.78, 5) is 10.4. The zero-order chi connectivity index (χ0) is 9.04. The fourth-order valence-corrected chi connectivity index (χ4v) is 2.23. The van der Waals surface area contributed by atoms with Crippen LogP contribution in [0.1, 0.15) is 40.5 Å². The van der Waals surface area contributed by atoms with Crippen LogP contribution in [0, 0.1) is 5.41 Å². The van der Waals surface area contributed by atoms with E-state index in [4.69, 9.17) is 9.78 Å². The van der Waals surface area contributed by atoms with E-state index in [0.717, 1.165) is 12.8 Å². The highest BCUT2D eigenvalue weighted by atomic mass is 17.5. The molecular formula is C9H16O3. The van der Waals surface area contributed by atoms with E-state index in [-0.39, 0.29) is 16.6 Å². The summed E-state index contributed by atoms with van der Waals surface area (Å²) >= 11 is 0. The van der Waals surface area contributed by atoms with Crippen LogP contribution < -0.4 is 0 Å². The molecule has 0 aromatic carbocycles. The molecule has 70 valence electrons. The van der Waals surface area contributed by atoms with Gasteiger partial charge in [0.15, 0.2) is 0 Å². The van der Waals surface area contributed by atoms with E-state index in [1.54, 1.807) is 0 Å². The van der Waals surface area contributed by atoms with Gasteiger partial charge in [0.2, 0.25) is 0 Å². The summed E-state index contributed by atoms with van der Waals surface area (Å²) in [7, 11) is 0. The molecule has 3 nitrogen and oxygen atoms in total. The van der Waals surface area contributed by atoms with Crippen molar-refractivity contribution < 1.29 is 14.8 Å². The molecule has 1 saturated carbocycles. The third kappa shape index (κ3) is 0.721. The van der Waals surface area contributed by atoms with Crippen LogP contribution in [0.5, 0.6) is 0 Å². The summed E-state index contributed by atoms with van der Waals surface area (Å²) in [6, 6.07) is 0. The van der Waals surface area contributed by atoms with E-state index in [1.165, 1.54) is 0 Å². The summed E-state index contributed by atoms with van der Waals surface area (Å²) in [5.74, 6) is 0. The number of rotatable bonds is 0. The van der Waals surface area contributed by atoms with E-state index in [2.05, 4.69) is 32.7 Å². The number of hydrogen-bond donors (Lipinski definition) is 0. The van der Waals surface area contributed by atoms with Crippen LogP contribution in [0.2, 0.25) is 0 Å². The van der Waals surface area contributed by atoms with Crippen molar-refractivity contribution in [1.29, 1.82) is 0 Å². The highest BCUT2D eigenvalue weighted by molar-refractivity contribution is 5.11. The minimum Gasteiger partial charge on any atom is -0.197 e. The van der Waals surface area contributed by atoms with Crippen molar-refractivity contribution in [2.75, 3.05) is 0 Å². The Hall–Kier alpha value is -0.120. The second-order valence-corrected chi connectivity index (χ2v) is 4.88. The highest BCUT2D eigenvalue weighted by Crippen LogP contribution is 2.58. The van der Waals surface area contributed by atoms with Gasteiger partial charge in [-0.25, -0.2) is 0 Å². The van der Waals surface area contributed by atoms with Crippen molar-refractivity contribution >= 4 is 0 Å². The molecule has 1 aliphatic carbocycles. The molecule has 0 bridgehead atoms. The fourth-order valence-electron chi connectivity index (χ4n) is 2.23. The molecule has 2 unspecified atom stereocenters. The first-order valence-corrected chi connectivity index (χ1v) is 4.45. The minimum absolute atomic E-state index is 0.123. The van der Waals surface area contributed by atoms with Crippen LogP contribution in [-0.4, -0.2) is 11.2 Å². The van der Waals surface area contributed by atoms with Gasteiger partial charge >= 0.3 is 0 Å². The van der Waals surface area contributed by atoms with Gasteiger partial charge in [0.1, 0.15) is 11.2 Å². The van der Waals surface area contributed by atoms with Gasteiger partial charge in [0.25, 0.3) is 0 Å². The predicted octanol–water partition coefficient (Wildman–Crippen LogP) is 2.22. The summed E-state index contributed by atoms with van der Waals surface area (Å²) in [6.07, 6.45) is 2.11. The lowest BCUT2D eigenvalue weighted by Gasteiger charge is -2.36. The maximum atomic E-state index is 5.26. The summed E-state index contributed by atoms with van der Waals surface area (Å²) in [5.41, 5.74) is -0.450. The van der Waals surface area contributed by atoms with E-state index in [0.29, 0.717) is 0 Å². The Morgan fingerprint density at radius 2 is 1.58 bits per heavy atom. The highest BCUT2D eigenvalue weighted by Gasteiger charge is 2.66. The van der Waals surface area contributed by atoms with Gasteiger partial charge in [-0.2, -0.15) is 9.78 Å². The molecule has 2 atom stereocenters. The van der Waals surface area contributed by atoms with Gasteiger partial charge < -0.3 is 0 Å². The summed E-state index contributed by atoms with van der Waals surface area (Å²) in [5, 5.41) is 4.65. The molecule has 1 heterocycles. The zero-order valence-electron chi connectivity index (χ0n) is 8.14. The molecule has 2 aliphatic rings. The minimum atomic E-state index is -0.306. The maximum absolute atomic E-state index is 5.26. The Morgan fingerprint density at radius 3 is 2.17 bits per heavy atom. The Bertz CT molecular complexity index is 214. The second-order valence-electron chi connectivity index (χ2n) is 4.88. The van der Waals surface area contributed by atoms with Crippen LogP contribution in [0.3, 0.4) is 0 Å². The van der Waals surface area contributed by atoms with Crippen molar-refractivity contribution in [3.63, 3.8) is 0 Å². The Kier molecular flexibility index (Phi) is 1.43. The van der Waals surface area contributed by atoms with E-state index < -0.39 is 0 Å². The largest absolute Gasteiger partial charge is 0.197 e. The smallest absolute Gasteiger partial charge is 0.141 e. The average molecular weight is 172 g/mol. The van der Waals surface area contributed by atoms with Crippen LogP contribution in [-0.2, 0) is 14.8 Å². The van der Waals surface area contributed by atoms with Gasteiger partial charge in [-0.05, 0) is 32.1 Å². The number of hydrogen-bond acceptors (Lipinski definition) is 3. The second kappa shape index (κ2) is 2.03. The number of fused-ring (bicyclic) bond motifs is 1. The van der Waals surface area contributed by atoms with Gasteiger partial charge in [0, 0.05) is 0 Å². The van der Waals surface area contributed by atoms with Gasteiger partial charge in [-0.1, -0.05) is 18.9 Å². The topological polar surface area (TPSA) is 27.7 Å². The molecule has 0 amide bonds. The molecule has 0 aromatic heterocycles. The summed E-state index contributed by atoms with van der Waals surface area (Å²) in [6.45, 7) is 8.49. The molecule has 12 heavy (non-hydrogen) atoms. The SMILES string of the molecule is CC1(C)CCC2(C)OOOC12C. The molecule has 1 aliphatic heterocycles. The summed E-state index contributed by atoms with van der Waals surface area (Å²) < 4.78 is 0. The molecule has 3 heteroatoms. The first-order valence-electron chi connectivity index (χ1n) is 4.45. The van der Waals surface area contributed by atoms with Crippen LogP contribution in [0.4, 0.5) is 0 Å². The van der Waals surface area contributed by atoms with Crippen LogP contribution in [0.25, 0.3) is 0 Å². The molecule has 0 radical (unpaired) electrons. The molecule has 2 fully saturated rings. The lowest BCUT2D eigenvalue weighted by molar-refractivity contribution is -0.486. The third-order valence-electron chi connectivity index (χ3n) is 3.95. The van der Waals surface area contributed by atoms with Gasteiger partial charge in [0.05, 0.1) is 0 Å². The molecule has 2 rings (SSSR count). The van der Waals surface area contributed by atoms with Crippen molar-refractivity contribution in [2.24, 2.45) is 5.41 Å². The normalized spacial score (nSPS) is 51.0. The Labute approximate surface area is 72.8 Å². The van der Waals surface area contributed by atoms with E-state index in [1.807, 2.05) is 0 Å². The lowest BCUT2D eigenvalue weighted by Crippen LogP contribution is -2.50. The van der Waals surface area contributed by atoms with Crippen molar-refractivity contribution in [1.82, 2.24) is 0 Å². The molecular weight excluding hydrogens is 156 g/mol.